The average molecular weight is 432 g/mol. The lowest BCUT2D eigenvalue weighted by molar-refractivity contribution is -0.145. The van der Waals surface area contributed by atoms with Crippen LogP contribution in [0.2, 0.25) is 0 Å². The Morgan fingerprint density at radius 3 is 2.42 bits per heavy atom. The van der Waals surface area contributed by atoms with Crippen LogP contribution >= 0.6 is 11.3 Å². The molecule has 2 heterocycles. The second-order valence-electron chi connectivity index (χ2n) is 6.84. The maximum atomic E-state index is 11.9. The van der Waals surface area contributed by atoms with E-state index < -0.39 is 12.1 Å². The molecule has 0 aliphatic rings. The van der Waals surface area contributed by atoms with Crippen molar-refractivity contribution in [2.24, 2.45) is 0 Å². The molecule has 0 saturated carbocycles. The summed E-state index contributed by atoms with van der Waals surface area (Å²) in [6, 6.07) is 24.4. The maximum absolute atomic E-state index is 11.9. The number of nitrogens with zero attached hydrogens (tertiary/aromatic N) is 1. The number of anilines is 2. The van der Waals surface area contributed by atoms with Gasteiger partial charge in [0.05, 0.1) is 16.3 Å². The molecule has 0 saturated heterocycles. The molecule has 156 valence electrons. The largest absolute Gasteiger partial charge is 0.478 e. The Morgan fingerprint density at radius 2 is 1.77 bits per heavy atom. The standard InChI is InChI=1S/C24H21N3O3S/c25-21-19(26-15-16-8-3-1-4-9-16)14-18(20-12-7-13-31-20)27-23(21)30-22(24(28)29)17-10-5-2-6-11-17/h1-14,22H,15,25H2,(H,26,27)(H,28,29). The van der Waals surface area contributed by atoms with E-state index in [0.29, 0.717) is 23.5 Å². The summed E-state index contributed by atoms with van der Waals surface area (Å²) in [6.07, 6.45) is -1.23. The molecule has 2 aromatic heterocycles. The fraction of sp³-hybridized carbons (Fsp3) is 0.0833. The highest BCUT2D eigenvalue weighted by molar-refractivity contribution is 7.13. The van der Waals surface area contributed by atoms with E-state index in [4.69, 9.17) is 10.5 Å². The number of nitrogens with one attached hydrogen (secondary N) is 1. The van der Waals surface area contributed by atoms with Gasteiger partial charge < -0.3 is 20.9 Å². The molecule has 2 aromatic carbocycles. The Labute approximate surface area is 184 Å². The van der Waals surface area contributed by atoms with Gasteiger partial charge in [-0.25, -0.2) is 9.78 Å². The summed E-state index contributed by atoms with van der Waals surface area (Å²) >= 11 is 1.53. The number of nitrogens with two attached hydrogens (primary N) is 1. The first kappa shape index (κ1) is 20.4. The number of ether oxygens (including phenoxy) is 1. The zero-order valence-corrected chi connectivity index (χ0v) is 17.4. The van der Waals surface area contributed by atoms with Crippen LogP contribution < -0.4 is 15.8 Å². The van der Waals surface area contributed by atoms with Crippen LogP contribution in [0.15, 0.2) is 84.2 Å². The zero-order valence-electron chi connectivity index (χ0n) is 16.6. The Morgan fingerprint density at radius 1 is 1.06 bits per heavy atom. The fourth-order valence-corrected chi connectivity index (χ4v) is 3.80. The lowest BCUT2D eigenvalue weighted by atomic mass is 10.1. The molecule has 0 aliphatic carbocycles. The van der Waals surface area contributed by atoms with Crippen LogP contribution in [0.1, 0.15) is 17.2 Å². The summed E-state index contributed by atoms with van der Waals surface area (Å²) in [5.74, 6) is -1.04. The third-order valence-corrected chi connectivity index (χ3v) is 5.57. The van der Waals surface area contributed by atoms with Gasteiger partial charge in [-0.2, -0.15) is 0 Å². The van der Waals surface area contributed by atoms with Crippen LogP contribution in [0, 0.1) is 0 Å². The first-order valence-electron chi connectivity index (χ1n) is 9.68. The minimum absolute atomic E-state index is 0.0812. The normalized spacial score (nSPS) is 11.6. The second-order valence-corrected chi connectivity index (χ2v) is 7.78. The molecule has 4 aromatic rings. The van der Waals surface area contributed by atoms with Gasteiger partial charge in [0.2, 0.25) is 12.0 Å². The first-order valence-corrected chi connectivity index (χ1v) is 10.6. The maximum Gasteiger partial charge on any atom is 0.349 e. The lowest BCUT2D eigenvalue weighted by Crippen LogP contribution is -2.19. The topological polar surface area (TPSA) is 97.5 Å². The van der Waals surface area contributed by atoms with Crippen LogP contribution in [0.25, 0.3) is 10.6 Å². The van der Waals surface area contributed by atoms with Crippen molar-refractivity contribution in [2.45, 2.75) is 12.6 Å². The molecule has 0 aliphatic heterocycles. The highest BCUT2D eigenvalue weighted by Crippen LogP contribution is 2.36. The fourth-order valence-electron chi connectivity index (χ4n) is 3.11. The van der Waals surface area contributed by atoms with E-state index in [2.05, 4.69) is 10.3 Å². The van der Waals surface area contributed by atoms with E-state index in [1.165, 1.54) is 11.3 Å². The minimum Gasteiger partial charge on any atom is -0.478 e. The number of hydrogen-bond donors (Lipinski definition) is 3. The molecule has 4 N–H and O–H groups in total. The number of hydrogen-bond acceptors (Lipinski definition) is 6. The Balaban J connectivity index is 1.70. The van der Waals surface area contributed by atoms with Crippen LogP contribution in [-0.2, 0) is 11.3 Å². The van der Waals surface area contributed by atoms with Gasteiger partial charge in [-0.15, -0.1) is 11.3 Å². The van der Waals surface area contributed by atoms with Crippen LogP contribution in [-0.4, -0.2) is 16.1 Å². The number of carboxylic acid groups (broad SMARTS) is 1. The predicted octanol–water partition coefficient (Wildman–Crippen LogP) is 5.21. The van der Waals surface area contributed by atoms with Crippen LogP contribution in [0.3, 0.4) is 0 Å². The van der Waals surface area contributed by atoms with Crippen molar-refractivity contribution in [1.82, 2.24) is 4.98 Å². The molecular weight excluding hydrogens is 410 g/mol. The molecule has 31 heavy (non-hydrogen) atoms. The van der Waals surface area contributed by atoms with E-state index >= 15 is 0 Å². The highest BCUT2D eigenvalue weighted by atomic mass is 32.1. The number of nitrogen functional groups attached to an aromatic ring is 1. The van der Waals surface area contributed by atoms with Gasteiger partial charge in [0.15, 0.2) is 0 Å². The molecule has 0 fully saturated rings. The SMILES string of the molecule is Nc1c(NCc2ccccc2)cc(-c2cccs2)nc1OC(C(=O)O)c1ccccc1. The molecular formula is C24H21N3O3S. The average Bonchev–Trinajstić information content (AvgIpc) is 3.33. The van der Waals surface area contributed by atoms with Crippen molar-refractivity contribution >= 4 is 28.7 Å². The number of thiophene rings is 1. The zero-order chi connectivity index (χ0) is 21.6. The number of rotatable bonds is 8. The van der Waals surface area contributed by atoms with Gasteiger partial charge in [0.25, 0.3) is 0 Å². The van der Waals surface area contributed by atoms with E-state index in [1.807, 2.05) is 60.0 Å². The summed E-state index contributed by atoms with van der Waals surface area (Å²) in [5, 5.41) is 15.0. The molecule has 0 bridgehead atoms. The third-order valence-electron chi connectivity index (χ3n) is 4.68. The number of carboxylic acids is 1. The summed E-state index contributed by atoms with van der Waals surface area (Å²) < 4.78 is 5.85. The van der Waals surface area contributed by atoms with Gasteiger partial charge >= 0.3 is 5.97 Å². The third kappa shape index (κ3) is 4.84. The predicted molar refractivity (Wildman–Crippen MR) is 123 cm³/mol. The van der Waals surface area contributed by atoms with Gasteiger partial charge in [-0.1, -0.05) is 66.7 Å². The van der Waals surface area contributed by atoms with Crippen molar-refractivity contribution < 1.29 is 14.6 Å². The Bertz CT molecular complexity index is 1150. The Kier molecular flexibility index (Phi) is 6.14. The molecule has 0 radical (unpaired) electrons. The second kappa shape index (κ2) is 9.32. The number of aromatic nitrogens is 1. The van der Waals surface area contributed by atoms with Gasteiger partial charge in [0, 0.05) is 12.1 Å². The smallest absolute Gasteiger partial charge is 0.349 e. The summed E-state index contributed by atoms with van der Waals surface area (Å²) in [5.41, 5.74) is 9.51. The van der Waals surface area contributed by atoms with Crippen molar-refractivity contribution in [3.63, 3.8) is 0 Å². The number of benzene rings is 2. The molecule has 4 rings (SSSR count). The molecule has 1 unspecified atom stereocenters. The summed E-state index contributed by atoms with van der Waals surface area (Å²) in [4.78, 5) is 17.4. The first-order chi connectivity index (χ1) is 15.1. The number of aliphatic carboxylic acids is 1. The lowest BCUT2D eigenvalue weighted by Gasteiger charge is -2.19. The van der Waals surface area contributed by atoms with Crippen LogP contribution in [0.5, 0.6) is 5.88 Å². The molecule has 6 nitrogen and oxygen atoms in total. The van der Waals surface area contributed by atoms with Crippen molar-refractivity contribution in [1.29, 1.82) is 0 Å². The van der Waals surface area contributed by atoms with Gasteiger partial charge in [-0.05, 0) is 23.1 Å². The molecule has 0 amide bonds. The van der Waals surface area contributed by atoms with E-state index in [0.717, 1.165) is 10.4 Å². The minimum atomic E-state index is -1.23. The monoisotopic (exact) mass is 431 g/mol. The Hall–Kier alpha value is -3.84. The number of carbonyl (C=O) groups is 1. The van der Waals surface area contributed by atoms with Crippen molar-refractivity contribution in [2.75, 3.05) is 11.1 Å². The number of pyridine rings is 1. The van der Waals surface area contributed by atoms with Gasteiger partial charge in [-0.3, -0.25) is 0 Å². The summed E-state index contributed by atoms with van der Waals surface area (Å²) in [6.45, 7) is 0.555. The molecule has 7 heteroatoms. The van der Waals surface area contributed by atoms with E-state index in [1.54, 1.807) is 24.3 Å². The highest BCUT2D eigenvalue weighted by Gasteiger charge is 2.25. The molecule has 0 spiro atoms. The molecule has 1 atom stereocenters. The van der Waals surface area contributed by atoms with Crippen molar-refractivity contribution in [3.05, 3.63) is 95.4 Å². The van der Waals surface area contributed by atoms with Gasteiger partial charge in [0.1, 0.15) is 5.69 Å². The quantitative estimate of drug-likeness (QED) is 0.354. The summed E-state index contributed by atoms with van der Waals surface area (Å²) in [7, 11) is 0. The van der Waals surface area contributed by atoms with Crippen molar-refractivity contribution in [3.8, 4) is 16.5 Å². The van der Waals surface area contributed by atoms with E-state index in [-0.39, 0.29) is 11.6 Å². The van der Waals surface area contributed by atoms with E-state index in [9.17, 15) is 9.90 Å². The van der Waals surface area contributed by atoms with Crippen LogP contribution in [0.4, 0.5) is 11.4 Å².